The molecular weight excluding hydrogens is 204 g/mol. The Morgan fingerprint density at radius 1 is 1.31 bits per heavy atom. The molecule has 3 atom stereocenters. The molecule has 3 aliphatic heterocycles. The fourth-order valence-electron chi connectivity index (χ4n) is 3.22. The Bertz CT molecular complexity index is 264. The van der Waals surface area contributed by atoms with Crippen molar-refractivity contribution >= 4 is 5.91 Å². The number of carbonyl (C=O) groups is 1. The van der Waals surface area contributed by atoms with Crippen LogP contribution in [-0.4, -0.2) is 49.7 Å². The largest absolute Gasteiger partial charge is 0.381 e. The van der Waals surface area contributed by atoms with Crippen molar-refractivity contribution in [3.63, 3.8) is 0 Å². The highest BCUT2D eigenvalue weighted by Gasteiger charge is 2.39. The van der Waals surface area contributed by atoms with Gasteiger partial charge in [0.25, 0.3) is 0 Å². The summed E-state index contributed by atoms with van der Waals surface area (Å²) in [5.74, 6) is 1.16. The summed E-state index contributed by atoms with van der Waals surface area (Å²) in [5, 5.41) is 3.48. The van der Waals surface area contributed by atoms with Gasteiger partial charge in [0, 0.05) is 25.7 Å². The molecule has 3 saturated heterocycles. The van der Waals surface area contributed by atoms with Gasteiger partial charge in [-0.1, -0.05) is 0 Å². The molecule has 4 heteroatoms. The minimum atomic E-state index is 0.132. The zero-order chi connectivity index (χ0) is 11.0. The maximum Gasteiger partial charge on any atom is 0.228 e. The van der Waals surface area contributed by atoms with Gasteiger partial charge in [0.1, 0.15) is 0 Å². The summed E-state index contributed by atoms with van der Waals surface area (Å²) in [4.78, 5) is 14.3. The molecule has 0 bridgehead atoms. The normalized spacial score (nSPS) is 38.8. The Hall–Kier alpha value is -0.610. The molecule has 0 aromatic carbocycles. The average Bonchev–Trinajstić information content (AvgIpc) is 2.89. The number of ether oxygens (including phenoxy) is 1. The van der Waals surface area contributed by atoms with Crippen molar-refractivity contribution in [1.82, 2.24) is 10.2 Å². The van der Waals surface area contributed by atoms with Gasteiger partial charge < -0.3 is 15.0 Å². The lowest BCUT2D eigenvalue weighted by Crippen LogP contribution is -2.40. The number of nitrogens with one attached hydrogen (secondary N) is 1. The van der Waals surface area contributed by atoms with Gasteiger partial charge in [-0.15, -0.1) is 0 Å². The van der Waals surface area contributed by atoms with E-state index in [9.17, 15) is 4.79 Å². The number of fused-ring (bicyclic) bond motifs is 1. The van der Waals surface area contributed by atoms with Crippen molar-refractivity contribution in [3.8, 4) is 0 Å². The van der Waals surface area contributed by atoms with Crippen molar-refractivity contribution in [2.45, 2.75) is 25.3 Å². The predicted octanol–water partition coefficient (Wildman–Crippen LogP) is 0.233. The van der Waals surface area contributed by atoms with E-state index in [0.29, 0.717) is 24.5 Å². The molecule has 0 aromatic heterocycles. The summed E-state index contributed by atoms with van der Waals surface area (Å²) in [6, 6.07) is 0.563. The third-order valence-electron chi connectivity index (χ3n) is 4.18. The summed E-state index contributed by atoms with van der Waals surface area (Å²) in [6.45, 7) is 4.48. The van der Waals surface area contributed by atoms with Gasteiger partial charge in [0.2, 0.25) is 5.91 Å². The van der Waals surface area contributed by atoms with Crippen LogP contribution in [0.25, 0.3) is 0 Å². The van der Waals surface area contributed by atoms with E-state index in [4.69, 9.17) is 4.74 Å². The van der Waals surface area contributed by atoms with Gasteiger partial charge in [-0.2, -0.15) is 0 Å². The minimum Gasteiger partial charge on any atom is -0.381 e. The maximum absolute atomic E-state index is 12.2. The van der Waals surface area contributed by atoms with Crippen molar-refractivity contribution in [2.24, 2.45) is 11.8 Å². The first-order chi connectivity index (χ1) is 7.84. The van der Waals surface area contributed by atoms with Crippen LogP contribution in [0.3, 0.4) is 0 Å². The van der Waals surface area contributed by atoms with Crippen LogP contribution in [0.2, 0.25) is 0 Å². The topological polar surface area (TPSA) is 41.6 Å². The number of hydrogen-bond donors (Lipinski definition) is 1. The monoisotopic (exact) mass is 224 g/mol. The molecule has 3 rings (SSSR count). The Morgan fingerprint density at radius 3 is 3.00 bits per heavy atom. The Kier molecular flexibility index (Phi) is 2.86. The SMILES string of the molecule is O=C(C1CCCOC1)N1C[C@@H]2CCN[C@@H]2C1. The molecule has 0 spiro atoms. The lowest BCUT2D eigenvalue weighted by Gasteiger charge is -2.26. The zero-order valence-corrected chi connectivity index (χ0v) is 9.65. The van der Waals surface area contributed by atoms with Crippen LogP contribution >= 0.6 is 0 Å². The summed E-state index contributed by atoms with van der Waals surface area (Å²) < 4.78 is 5.39. The van der Waals surface area contributed by atoms with Crippen LogP contribution in [0.5, 0.6) is 0 Å². The van der Waals surface area contributed by atoms with Crippen LogP contribution in [0.1, 0.15) is 19.3 Å². The summed E-state index contributed by atoms with van der Waals surface area (Å²) in [5.41, 5.74) is 0. The predicted molar refractivity (Wildman–Crippen MR) is 60.0 cm³/mol. The van der Waals surface area contributed by atoms with Crippen LogP contribution in [0.4, 0.5) is 0 Å². The molecule has 3 fully saturated rings. The fraction of sp³-hybridized carbons (Fsp3) is 0.917. The highest BCUT2D eigenvalue weighted by molar-refractivity contribution is 5.79. The van der Waals surface area contributed by atoms with Gasteiger partial charge >= 0.3 is 0 Å². The fourth-order valence-corrected chi connectivity index (χ4v) is 3.22. The van der Waals surface area contributed by atoms with E-state index in [1.54, 1.807) is 0 Å². The second-order valence-electron chi connectivity index (χ2n) is 5.27. The van der Waals surface area contributed by atoms with Crippen molar-refractivity contribution in [3.05, 3.63) is 0 Å². The number of rotatable bonds is 1. The van der Waals surface area contributed by atoms with Gasteiger partial charge in [-0.3, -0.25) is 4.79 Å². The molecule has 16 heavy (non-hydrogen) atoms. The second-order valence-corrected chi connectivity index (χ2v) is 5.27. The number of likely N-dealkylation sites (tertiary alicyclic amines) is 1. The molecule has 3 aliphatic rings. The number of hydrogen-bond acceptors (Lipinski definition) is 3. The van der Waals surface area contributed by atoms with Crippen LogP contribution in [0.15, 0.2) is 0 Å². The summed E-state index contributed by atoms with van der Waals surface area (Å²) >= 11 is 0. The highest BCUT2D eigenvalue weighted by Crippen LogP contribution is 2.27. The summed E-state index contributed by atoms with van der Waals surface area (Å²) in [6.07, 6.45) is 3.28. The van der Waals surface area contributed by atoms with E-state index in [1.807, 2.05) is 0 Å². The Labute approximate surface area is 96.3 Å². The molecule has 3 heterocycles. The number of carbonyl (C=O) groups excluding carboxylic acids is 1. The third-order valence-corrected chi connectivity index (χ3v) is 4.18. The molecule has 0 aliphatic carbocycles. The average molecular weight is 224 g/mol. The Morgan fingerprint density at radius 2 is 2.25 bits per heavy atom. The van der Waals surface area contributed by atoms with E-state index >= 15 is 0 Å². The van der Waals surface area contributed by atoms with Crippen LogP contribution in [0, 0.1) is 11.8 Å². The van der Waals surface area contributed by atoms with E-state index in [0.717, 1.165) is 39.1 Å². The molecule has 0 aromatic rings. The molecular formula is C12H20N2O2. The lowest BCUT2D eigenvalue weighted by atomic mass is 10.0. The quantitative estimate of drug-likeness (QED) is 0.693. The number of nitrogens with zero attached hydrogens (tertiary/aromatic N) is 1. The van der Waals surface area contributed by atoms with Crippen molar-refractivity contribution in [2.75, 3.05) is 32.8 Å². The third kappa shape index (κ3) is 1.84. The van der Waals surface area contributed by atoms with Crippen molar-refractivity contribution < 1.29 is 9.53 Å². The first kappa shape index (κ1) is 10.5. The molecule has 90 valence electrons. The molecule has 1 N–H and O–H groups in total. The van der Waals surface area contributed by atoms with Gasteiger partial charge in [0.05, 0.1) is 12.5 Å². The minimum absolute atomic E-state index is 0.132. The molecule has 1 unspecified atom stereocenters. The van der Waals surface area contributed by atoms with E-state index in [2.05, 4.69) is 10.2 Å². The molecule has 0 saturated carbocycles. The van der Waals surface area contributed by atoms with Crippen molar-refractivity contribution in [1.29, 1.82) is 0 Å². The van der Waals surface area contributed by atoms with Crippen LogP contribution < -0.4 is 5.32 Å². The van der Waals surface area contributed by atoms with E-state index < -0.39 is 0 Å². The van der Waals surface area contributed by atoms with Crippen LogP contribution in [-0.2, 0) is 9.53 Å². The molecule has 0 radical (unpaired) electrons. The summed E-state index contributed by atoms with van der Waals surface area (Å²) in [7, 11) is 0. The maximum atomic E-state index is 12.2. The molecule has 1 amide bonds. The first-order valence-corrected chi connectivity index (χ1v) is 6.44. The Balaban J connectivity index is 1.59. The second kappa shape index (κ2) is 4.34. The molecule has 4 nitrogen and oxygen atoms in total. The van der Waals surface area contributed by atoms with Gasteiger partial charge in [0.15, 0.2) is 0 Å². The van der Waals surface area contributed by atoms with E-state index in [-0.39, 0.29) is 5.92 Å². The number of amides is 1. The highest BCUT2D eigenvalue weighted by atomic mass is 16.5. The van der Waals surface area contributed by atoms with Gasteiger partial charge in [-0.25, -0.2) is 0 Å². The standard InChI is InChI=1S/C12H20N2O2/c15-12(10-2-1-5-16-8-10)14-6-9-3-4-13-11(9)7-14/h9-11,13H,1-8H2/t9-,10?,11+/m0/s1. The lowest BCUT2D eigenvalue weighted by molar-refractivity contribution is -0.138. The smallest absolute Gasteiger partial charge is 0.228 e. The first-order valence-electron chi connectivity index (χ1n) is 6.44. The zero-order valence-electron chi connectivity index (χ0n) is 9.65. The van der Waals surface area contributed by atoms with E-state index in [1.165, 1.54) is 6.42 Å². The van der Waals surface area contributed by atoms with Gasteiger partial charge in [-0.05, 0) is 31.7 Å².